The third kappa shape index (κ3) is 2.14. The van der Waals surface area contributed by atoms with Crippen LogP contribution in [-0.4, -0.2) is 33.9 Å². The zero-order valence-electron chi connectivity index (χ0n) is 9.10. The molecule has 1 aromatic rings. The number of carbonyl (C=O) groups excluding carboxylic acids is 1. The van der Waals surface area contributed by atoms with Crippen molar-refractivity contribution in [3.8, 4) is 0 Å². The molecule has 15 heavy (non-hydrogen) atoms. The highest BCUT2D eigenvalue weighted by Gasteiger charge is 2.26. The number of amides is 1. The van der Waals surface area contributed by atoms with Crippen LogP contribution >= 0.6 is 0 Å². The zero-order chi connectivity index (χ0) is 10.8. The average Bonchev–Trinajstić information content (AvgIpc) is 2.66. The van der Waals surface area contributed by atoms with Gasteiger partial charge in [0.1, 0.15) is 5.82 Å². The molecule has 2 heterocycles. The summed E-state index contributed by atoms with van der Waals surface area (Å²) in [6, 6.07) is 1.95. The van der Waals surface area contributed by atoms with E-state index in [4.69, 9.17) is 0 Å². The molecule has 1 saturated heterocycles. The smallest absolute Gasteiger partial charge is 0.219 e. The summed E-state index contributed by atoms with van der Waals surface area (Å²) in [6.07, 6.45) is 2.80. The van der Waals surface area contributed by atoms with Gasteiger partial charge in [0.05, 0.1) is 0 Å². The van der Waals surface area contributed by atoms with Crippen LogP contribution in [0.2, 0.25) is 0 Å². The van der Waals surface area contributed by atoms with E-state index >= 15 is 0 Å². The van der Waals surface area contributed by atoms with Crippen LogP contribution in [0.5, 0.6) is 0 Å². The molecule has 1 amide bonds. The number of aromatic nitrogens is 2. The highest BCUT2D eigenvalue weighted by Crippen LogP contribution is 2.25. The van der Waals surface area contributed by atoms with Crippen LogP contribution < -0.4 is 0 Å². The molecule has 1 aliphatic heterocycles. The minimum absolute atomic E-state index is 0.156. The Hall–Kier alpha value is -1.45. The van der Waals surface area contributed by atoms with Gasteiger partial charge in [0, 0.05) is 37.8 Å². The molecule has 2 rings (SSSR count). The summed E-state index contributed by atoms with van der Waals surface area (Å²) in [5, 5.41) is 0. The van der Waals surface area contributed by atoms with Crippen molar-refractivity contribution in [1.29, 1.82) is 0 Å². The Bertz CT molecular complexity index is 378. The van der Waals surface area contributed by atoms with Crippen LogP contribution in [0.4, 0.5) is 0 Å². The number of hydrogen-bond donors (Lipinski definition) is 0. The molecule has 0 bridgehead atoms. The molecule has 1 aromatic heterocycles. The predicted octanol–water partition coefficient (Wildman–Crippen LogP) is 1.12. The van der Waals surface area contributed by atoms with E-state index in [-0.39, 0.29) is 5.91 Å². The fraction of sp³-hybridized carbons (Fsp3) is 0.545. The van der Waals surface area contributed by atoms with Gasteiger partial charge in [0.2, 0.25) is 5.91 Å². The van der Waals surface area contributed by atoms with Crippen LogP contribution in [0.25, 0.3) is 0 Å². The maximum absolute atomic E-state index is 11.2. The quantitative estimate of drug-likeness (QED) is 0.690. The lowest BCUT2D eigenvalue weighted by Gasteiger charge is -2.13. The van der Waals surface area contributed by atoms with Gasteiger partial charge in [0.25, 0.3) is 0 Å². The largest absolute Gasteiger partial charge is 0.342 e. The molecule has 1 atom stereocenters. The van der Waals surface area contributed by atoms with E-state index in [2.05, 4.69) is 9.97 Å². The summed E-state index contributed by atoms with van der Waals surface area (Å²) < 4.78 is 0. The highest BCUT2D eigenvalue weighted by molar-refractivity contribution is 5.73. The molecule has 1 unspecified atom stereocenters. The Morgan fingerprint density at radius 3 is 3.00 bits per heavy atom. The normalized spacial score (nSPS) is 20.7. The Kier molecular flexibility index (Phi) is 2.66. The molecule has 1 fully saturated rings. The highest BCUT2D eigenvalue weighted by atomic mass is 16.2. The zero-order valence-corrected chi connectivity index (χ0v) is 9.10. The molecular formula is C11H15N3O. The number of rotatable bonds is 1. The molecular weight excluding hydrogens is 190 g/mol. The Morgan fingerprint density at radius 1 is 1.60 bits per heavy atom. The van der Waals surface area contributed by atoms with Crippen LogP contribution in [0.3, 0.4) is 0 Å². The number of likely N-dealkylation sites (tertiary alicyclic amines) is 1. The van der Waals surface area contributed by atoms with Crippen molar-refractivity contribution < 1.29 is 4.79 Å². The van der Waals surface area contributed by atoms with Crippen molar-refractivity contribution in [2.75, 3.05) is 13.1 Å². The van der Waals surface area contributed by atoms with Crippen molar-refractivity contribution in [3.63, 3.8) is 0 Å². The maximum Gasteiger partial charge on any atom is 0.219 e. The van der Waals surface area contributed by atoms with Crippen LogP contribution in [0.15, 0.2) is 12.3 Å². The topological polar surface area (TPSA) is 46.1 Å². The second-order valence-corrected chi connectivity index (χ2v) is 3.98. The van der Waals surface area contributed by atoms with Crippen molar-refractivity contribution >= 4 is 5.91 Å². The van der Waals surface area contributed by atoms with E-state index < -0.39 is 0 Å². The van der Waals surface area contributed by atoms with E-state index in [1.54, 1.807) is 13.1 Å². The number of nitrogens with zero attached hydrogens (tertiary/aromatic N) is 3. The van der Waals surface area contributed by atoms with Crippen LogP contribution in [-0.2, 0) is 4.79 Å². The first kappa shape index (κ1) is 10.1. The van der Waals surface area contributed by atoms with E-state index in [0.29, 0.717) is 5.92 Å². The third-order valence-corrected chi connectivity index (χ3v) is 2.85. The maximum atomic E-state index is 11.2. The van der Waals surface area contributed by atoms with Crippen molar-refractivity contribution in [3.05, 3.63) is 23.8 Å². The van der Waals surface area contributed by atoms with Crippen molar-refractivity contribution in [2.45, 2.75) is 26.2 Å². The van der Waals surface area contributed by atoms with E-state index in [0.717, 1.165) is 31.0 Å². The first-order valence-corrected chi connectivity index (χ1v) is 5.22. The number of aryl methyl sites for hydroxylation is 1. The van der Waals surface area contributed by atoms with Gasteiger partial charge in [0.15, 0.2) is 0 Å². The SMILES string of the molecule is CC(=O)N1CCC(c2ccnc(C)n2)C1. The first-order valence-electron chi connectivity index (χ1n) is 5.22. The Balaban J connectivity index is 2.11. The van der Waals surface area contributed by atoms with Gasteiger partial charge in [-0.1, -0.05) is 0 Å². The van der Waals surface area contributed by atoms with Gasteiger partial charge >= 0.3 is 0 Å². The molecule has 0 radical (unpaired) electrons. The first-order chi connectivity index (χ1) is 7.16. The monoisotopic (exact) mass is 205 g/mol. The van der Waals surface area contributed by atoms with Gasteiger partial charge in [-0.25, -0.2) is 9.97 Å². The summed E-state index contributed by atoms with van der Waals surface area (Å²) in [5.74, 6) is 1.34. The second-order valence-electron chi connectivity index (χ2n) is 3.98. The van der Waals surface area contributed by atoms with E-state index in [1.807, 2.05) is 17.9 Å². The molecule has 4 heteroatoms. The van der Waals surface area contributed by atoms with Gasteiger partial charge in [-0.15, -0.1) is 0 Å². The van der Waals surface area contributed by atoms with Gasteiger partial charge in [-0.05, 0) is 19.4 Å². The fourth-order valence-corrected chi connectivity index (χ4v) is 1.99. The van der Waals surface area contributed by atoms with E-state index in [1.165, 1.54) is 0 Å². The fourth-order valence-electron chi connectivity index (χ4n) is 1.99. The van der Waals surface area contributed by atoms with Gasteiger partial charge in [-0.3, -0.25) is 4.79 Å². The molecule has 80 valence electrons. The summed E-state index contributed by atoms with van der Waals surface area (Å²) in [5.41, 5.74) is 1.06. The summed E-state index contributed by atoms with van der Waals surface area (Å²) in [4.78, 5) is 21.5. The molecule has 4 nitrogen and oxygen atoms in total. The number of hydrogen-bond acceptors (Lipinski definition) is 3. The molecule has 0 spiro atoms. The van der Waals surface area contributed by atoms with Gasteiger partial charge in [-0.2, -0.15) is 0 Å². The Labute approximate surface area is 89.3 Å². The van der Waals surface area contributed by atoms with Crippen LogP contribution in [0, 0.1) is 6.92 Å². The summed E-state index contributed by atoms with van der Waals surface area (Å²) in [7, 11) is 0. The Morgan fingerprint density at radius 2 is 2.40 bits per heavy atom. The lowest BCUT2D eigenvalue weighted by atomic mass is 10.1. The molecule has 1 aliphatic rings. The molecule has 0 aliphatic carbocycles. The summed E-state index contributed by atoms with van der Waals surface area (Å²) >= 11 is 0. The van der Waals surface area contributed by atoms with Crippen molar-refractivity contribution in [1.82, 2.24) is 14.9 Å². The lowest BCUT2D eigenvalue weighted by molar-refractivity contribution is -0.127. The molecule has 0 N–H and O–H groups in total. The molecule has 0 aromatic carbocycles. The van der Waals surface area contributed by atoms with Crippen molar-refractivity contribution in [2.24, 2.45) is 0 Å². The standard InChI is InChI=1S/C11H15N3O/c1-8-12-5-3-11(13-8)10-4-6-14(7-10)9(2)15/h3,5,10H,4,6-7H2,1-2H3. The molecule has 0 saturated carbocycles. The predicted molar refractivity (Wildman–Crippen MR) is 56.4 cm³/mol. The van der Waals surface area contributed by atoms with E-state index in [9.17, 15) is 4.79 Å². The number of carbonyl (C=O) groups is 1. The van der Waals surface area contributed by atoms with Gasteiger partial charge < -0.3 is 4.90 Å². The lowest BCUT2D eigenvalue weighted by Crippen LogP contribution is -2.25. The second kappa shape index (κ2) is 3.96. The minimum Gasteiger partial charge on any atom is -0.342 e. The summed E-state index contributed by atoms with van der Waals surface area (Å²) in [6.45, 7) is 5.16. The third-order valence-electron chi connectivity index (χ3n) is 2.85. The average molecular weight is 205 g/mol. The van der Waals surface area contributed by atoms with Crippen LogP contribution in [0.1, 0.15) is 30.8 Å². The minimum atomic E-state index is 0.156.